The van der Waals surface area contributed by atoms with Crippen LogP contribution in [0.15, 0.2) is 24.3 Å². The van der Waals surface area contributed by atoms with Crippen LogP contribution in [0.3, 0.4) is 0 Å². The molecule has 6 heteroatoms. The third-order valence-corrected chi connectivity index (χ3v) is 3.75. The second-order valence-corrected chi connectivity index (χ2v) is 5.46. The summed E-state index contributed by atoms with van der Waals surface area (Å²) in [6.45, 7) is 4.91. The zero-order valence-corrected chi connectivity index (χ0v) is 12.9. The highest BCUT2D eigenvalue weighted by atomic mass is 35.5. The highest BCUT2D eigenvalue weighted by molar-refractivity contribution is 6.30. The van der Waals surface area contributed by atoms with E-state index in [0.717, 1.165) is 16.8 Å². The molecule has 1 unspecified atom stereocenters. The monoisotopic (exact) mass is 311 g/mol. The Morgan fingerprint density at radius 2 is 2.05 bits per heavy atom. The number of aryl methyl sites for hydroxylation is 1. The molecule has 0 aliphatic heterocycles. The SMILES string of the molecule is Cc1nn(Cc2ccc(F)cc2)c(Cl)c1CNC(C)CO. The number of aliphatic hydroxyl groups is 1. The largest absolute Gasteiger partial charge is 0.395 e. The number of nitrogens with zero attached hydrogens (tertiary/aromatic N) is 2. The maximum absolute atomic E-state index is 12.9. The Morgan fingerprint density at radius 3 is 2.67 bits per heavy atom. The number of nitrogens with one attached hydrogen (secondary N) is 1. The molecule has 0 aliphatic rings. The minimum Gasteiger partial charge on any atom is -0.395 e. The van der Waals surface area contributed by atoms with Crippen molar-refractivity contribution in [3.63, 3.8) is 0 Å². The van der Waals surface area contributed by atoms with Gasteiger partial charge in [0.05, 0.1) is 18.8 Å². The van der Waals surface area contributed by atoms with Crippen molar-refractivity contribution in [1.29, 1.82) is 0 Å². The third kappa shape index (κ3) is 4.03. The van der Waals surface area contributed by atoms with Crippen LogP contribution in [0.2, 0.25) is 5.15 Å². The Kier molecular flexibility index (Phi) is 5.33. The van der Waals surface area contributed by atoms with Gasteiger partial charge in [-0.3, -0.25) is 0 Å². The number of hydrogen-bond acceptors (Lipinski definition) is 3. The van der Waals surface area contributed by atoms with E-state index in [4.69, 9.17) is 16.7 Å². The number of halogens is 2. The summed E-state index contributed by atoms with van der Waals surface area (Å²) < 4.78 is 14.6. The topological polar surface area (TPSA) is 50.1 Å². The molecule has 0 fully saturated rings. The van der Waals surface area contributed by atoms with Crippen molar-refractivity contribution in [1.82, 2.24) is 15.1 Å². The van der Waals surface area contributed by atoms with Gasteiger partial charge in [-0.15, -0.1) is 0 Å². The van der Waals surface area contributed by atoms with Crippen LogP contribution in [-0.2, 0) is 13.1 Å². The molecular formula is C15H19ClFN3O. The summed E-state index contributed by atoms with van der Waals surface area (Å²) in [6.07, 6.45) is 0. The fourth-order valence-electron chi connectivity index (χ4n) is 2.00. The number of benzene rings is 1. The van der Waals surface area contributed by atoms with E-state index < -0.39 is 0 Å². The van der Waals surface area contributed by atoms with Crippen LogP contribution in [0.4, 0.5) is 4.39 Å². The molecule has 2 rings (SSSR count). The minimum absolute atomic E-state index is 0.000847. The number of rotatable bonds is 6. The van der Waals surface area contributed by atoms with Crippen molar-refractivity contribution in [3.8, 4) is 0 Å². The molecule has 1 aromatic heterocycles. The molecule has 0 amide bonds. The van der Waals surface area contributed by atoms with E-state index in [1.807, 2.05) is 13.8 Å². The summed E-state index contributed by atoms with van der Waals surface area (Å²) in [7, 11) is 0. The van der Waals surface area contributed by atoms with E-state index in [9.17, 15) is 4.39 Å². The van der Waals surface area contributed by atoms with Crippen LogP contribution in [-0.4, -0.2) is 27.5 Å². The van der Waals surface area contributed by atoms with Crippen LogP contribution in [0.25, 0.3) is 0 Å². The number of aromatic nitrogens is 2. The van der Waals surface area contributed by atoms with Crippen LogP contribution >= 0.6 is 11.6 Å². The molecule has 1 aromatic carbocycles. The lowest BCUT2D eigenvalue weighted by atomic mass is 10.2. The van der Waals surface area contributed by atoms with E-state index in [0.29, 0.717) is 18.2 Å². The van der Waals surface area contributed by atoms with Crippen LogP contribution in [0, 0.1) is 12.7 Å². The summed E-state index contributed by atoms with van der Waals surface area (Å²) in [6, 6.07) is 6.28. The van der Waals surface area contributed by atoms with Gasteiger partial charge in [-0.2, -0.15) is 5.10 Å². The Hall–Kier alpha value is -1.43. The van der Waals surface area contributed by atoms with Crippen molar-refractivity contribution in [2.75, 3.05) is 6.61 Å². The zero-order valence-electron chi connectivity index (χ0n) is 12.1. The van der Waals surface area contributed by atoms with Crippen molar-refractivity contribution >= 4 is 11.6 Å². The van der Waals surface area contributed by atoms with Gasteiger partial charge in [0.1, 0.15) is 11.0 Å². The van der Waals surface area contributed by atoms with E-state index >= 15 is 0 Å². The maximum Gasteiger partial charge on any atom is 0.132 e. The summed E-state index contributed by atoms with van der Waals surface area (Å²) in [5.74, 6) is -0.260. The fraction of sp³-hybridized carbons (Fsp3) is 0.400. The first-order valence-corrected chi connectivity index (χ1v) is 7.19. The maximum atomic E-state index is 12.9. The van der Waals surface area contributed by atoms with Crippen LogP contribution in [0.5, 0.6) is 0 Å². The van der Waals surface area contributed by atoms with E-state index in [1.165, 1.54) is 12.1 Å². The quantitative estimate of drug-likeness (QED) is 0.862. The Labute approximate surface area is 128 Å². The van der Waals surface area contributed by atoms with Crippen molar-refractivity contribution < 1.29 is 9.50 Å². The van der Waals surface area contributed by atoms with Crippen LogP contribution in [0.1, 0.15) is 23.7 Å². The lowest BCUT2D eigenvalue weighted by Crippen LogP contribution is -2.28. The van der Waals surface area contributed by atoms with Gasteiger partial charge in [0.25, 0.3) is 0 Å². The molecule has 114 valence electrons. The molecule has 0 aliphatic carbocycles. The Bertz CT molecular complexity index is 598. The predicted octanol–water partition coefficient (Wildman–Crippen LogP) is 2.50. The zero-order chi connectivity index (χ0) is 15.4. The summed E-state index contributed by atoms with van der Waals surface area (Å²) in [5.41, 5.74) is 2.70. The molecule has 21 heavy (non-hydrogen) atoms. The molecule has 1 atom stereocenters. The first-order valence-electron chi connectivity index (χ1n) is 6.81. The lowest BCUT2D eigenvalue weighted by molar-refractivity contribution is 0.251. The number of aliphatic hydroxyl groups excluding tert-OH is 1. The molecular weight excluding hydrogens is 293 g/mol. The van der Waals surface area contributed by atoms with Gasteiger partial charge in [-0.1, -0.05) is 23.7 Å². The van der Waals surface area contributed by atoms with Gasteiger partial charge in [0.2, 0.25) is 0 Å². The fourth-order valence-corrected chi connectivity index (χ4v) is 2.30. The lowest BCUT2D eigenvalue weighted by Gasteiger charge is -2.10. The average molecular weight is 312 g/mol. The van der Waals surface area contributed by atoms with Crippen LogP contribution < -0.4 is 5.32 Å². The predicted molar refractivity (Wildman–Crippen MR) is 80.9 cm³/mol. The molecule has 0 saturated carbocycles. The average Bonchev–Trinajstić information content (AvgIpc) is 2.73. The Balaban J connectivity index is 2.12. The first kappa shape index (κ1) is 15.9. The van der Waals surface area contributed by atoms with Gasteiger partial charge in [-0.25, -0.2) is 9.07 Å². The molecule has 1 heterocycles. The summed E-state index contributed by atoms with van der Waals surface area (Å²) in [4.78, 5) is 0. The smallest absolute Gasteiger partial charge is 0.132 e. The summed E-state index contributed by atoms with van der Waals surface area (Å²) >= 11 is 6.36. The van der Waals surface area contributed by atoms with Crippen molar-refractivity contribution in [2.24, 2.45) is 0 Å². The van der Waals surface area contributed by atoms with Gasteiger partial charge in [0, 0.05) is 18.2 Å². The van der Waals surface area contributed by atoms with Crippen molar-refractivity contribution in [2.45, 2.75) is 33.0 Å². The normalized spacial score (nSPS) is 12.6. The molecule has 0 saturated heterocycles. The highest BCUT2D eigenvalue weighted by Gasteiger charge is 2.14. The third-order valence-electron chi connectivity index (χ3n) is 3.33. The van der Waals surface area contributed by atoms with E-state index in [2.05, 4.69) is 10.4 Å². The molecule has 0 spiro atoms. The number of hydrogen-bond donors (Lipinski definition) is 2. The van der Waals surface area contributed by atoms with Gasteiger partial charge in [-0.05, 0) is 31.5 Å². The summed E-state index contributed by atoms with van der Waals surface area (Å²) in [5, 5.41) is 17.2. The minimum atomic E-state index is -0.260. The highest BCUT2D eigenvalue weighted by Crippen LogP contribution is 2.21. The molecule has 4 nitrogen and oxygen atoms in total. The molecule has 2 aromatic rings. The standard InChI is InChI=1S/C15H19ClFN3O/c1-10(9-21)18-7-14-11(2)19-20(15(14)16)8-12-3-5-13(17)6-4-12/h3-6,10,18,21H,7-9H2,1-2H3. The molecule has 0 radical (unpaired) electrons. The second kappa shape index (κ2) is 7.02. The van der Waals surface area contributed by atoms with Gasteiger partial charge in [0.15, 0.2) is 0 Å². The van der Waals surface area contributed by atoms with Crippen molar-refractivity contribution in [3.05, 3.63) is 52.1 Å². The molecule has 0 bridgehead atoms. The first-order chi connectivity index (χ1) is 10.0. The van der Waals surface area contributed by atoms with Gasteiger partial charge >= 0.3 is 0 Å². The second-order valence-electron chi connectivity index (χ2n) is 5.10. The Morgan fingerprint density at radius 1 is 1.38 bits per heavy atom. The molecule has 2 N–H and O–H groups in total. The van der Waals surface area contributed by atoms with Gasteiger partial charge < -0.3 is 10.4 Å². The van der Waals surface area contributed by atoms with E-state index in [1.54, 1.807) is 16.8 Å². The van der Waals surface area contributed by atoms with E-state index in [-0.39, 0.29) is 18.5 Å².